The predicted molar refractivity (Wildman–Crippen MR) is 88.3 cm³/mol. The molecule has 0 radical (unpaired) electrons. The first-order chi connectivity index (χ1) is 11.7. The summed E-state index contributed by atoms with van der Waals surface area (Å²) in [7, 11) is 3.23. The van der Waals surface area contributed by atoms with Crippen LogP contribution in [0, 0.1) is 0 Å². The number of ether oxygens (including phenoxy) is 2. The Balaban J connectivity index is 1.68. The lowest BCUT2D eigenvalue weighted by molar-refractivity contribution is -0.138. The number of benzene rings is 1. The average Bonchev–Trinajstić information content (AvgIpc) is 3.17. The molecule has 2 aliphatic rings. The molecule has 4 rings (SSSR count). The molecule has 1 saturated heterocycles. The topological polar surface area (TPSA) is 56.6 Å². The summed E-state index contributed by atoms with van der Waals surface area (Å²) >= 11 is 0. The number of fused-ring (bicyclic) bond motifs is 4. The van der Waals surface area contributed by atoms with E-state index in [1.165, 1.54) is 11.3 Å². The molecule has 1 aromatic heterocycles. The summed E-state index contributed by atoms with van der Waals surface area (Å²) in [5, 5.41) is 4.59. The number of nitrogens with zero attached hydrogens (tertiary/aromatic N) is 3. The van der Waals surface area contributed by atoms with Crippen molar-refractivity contribution in [2.75, 3.05) is 20.8 Å². The smallest absolute Gasteiger partial charge is 0.249 e. The molecule has 2 atom stereocenters. The number of carbonyl (C=O) groups is 1. The van der Waals surface area contributed by atoms with E-state index < -0.39 is 0 Å². The second-order valence-corrected chi connectivity index (χ2v) is 6.34. The maximum atomic E-state index is 12.4. The Labute approximate surface area is 141 Å². The zero-order valence-electron chi connectivity index (χ0n) is 13.9. The number of rotatable bonds is 4. The summed E-state index contributed by atoms with van der Waals surface area (Å²) in [4.78, 5) is 14.4. The van der Waals surface area contributed by atoms with Gasteiger partial charge in [0.15, 0.2) is 0 Å². The van der Waals surface area contributed by atoms with Crippen LogP contribution in [0.1, 0.15) is 30.1 Å². The van der Waals surface area contributed by atoms with Crippen LogP contribution in [0.5, 0.6) is 5.75 Å². The SMILES string of the molecule is COCC(=O)N1[C@@H]2CC[C@H]1c1cnn(-c3ccc(OC)cc3)c1C2. The zero-order chi connectivity index (χ0) is 16.7. The van der Waals surface area contributed by atoms with Gasteiger partial charge in [-0.25, -0.2) is 4.68 Å². The van der Waals surface area contributed by atoms with E-state index in [4.69, 9.17) is 9.47 Å². The fourth-order valence-electron chi connectivity index (χ4n) is 4.00. The van der Waals surface area contributed by atoms with Gasteiger partial charge in [0.1, 0.15) is 12.4 Å². The third-order valence-corrected chi connectivity index (χ3v) is 5.06. The average molecular weight is 327 g/mol. The molecule has 6 nitrogen and oxygen atoms in total. The summed E-state index contributed by atoms with van der Waals surface area (Å²) in [6.45, 7) is 0.148. The number of hydrogen-bond donors (Lipinski definition) is 0. The van der Waals surface area contributed by atoms with Gasteiger partial charge in [0, 0.05) is 25.1 Å². The molecule has 0 N–H and O–H groups in total. The summed E-state index contributed by atoms with van der Waals surface area (Å²) in [5.41, 5.74) is 3.41. The Morgan fingerprint density at radius 3 is 2.75 bits per heavy atom. The Morgan fingerprint density at radius 2 is 2.04 bits per heavy atom. The summed E-state index contributed by atoms with van der Waals surface area (Å²) in [5.74, 6) is 0.907. The van der Waals surface area contributed by atoms with Crippen molar-refractivity contribution in [3.05, 3.63) is 41.7 Å². The van der Waals surface area contributed by atoms with Gasteiger partial charge >= 0.3 is 0 Å². The molecule has 1 aromatic carbocycles. The second kappa shape index (κ2) is 5.94. The Kier molecular flexibility index (Phi) is 3.76. The molecule has 2 bridgehead atoms. The van der Waals surface area contributed by atoms with Gasteiger partial charge in [-0.1, -0.05) is 0 Å². The van der Waals surface area contributed by atoms with Crippen molar-refractivity contribution in [3.8, 4) is 11.4 Å². The van der Waals surface area contributed by atoms with Gasteiger partial charge in [0.2, 0.25) is 5.91 Å². The van der Waals surface area contributed by atoms with E-state index in [2.05, 4.69) is 5.10 Å². The van der Waals surface area contributed by atoms with Crippen molar-refractivity contribution in [2.45, 2.75) is 31.3 Å². The first-order valence-electron chi connectivity index (χ1n) is 8.24. The fourth-order valence-corrected chi connectivity index (χ4v) is 4.00. The minimum atomic E-state index is 0.0767. The minimum Gasteiger partial charge on any atom is -0.497 e. The van der Waals surface area contributed by atoms with Crippen LogP contribution < -0.4 is 4.74 Å². The van der Waals surface area contributed by atoms with Gasteiger partial charge in [0.25, 0.3) is 0 Å². The van der Waals surface area contributed by atoms with E-state index in [0.717, 1.165) is 30.7 Å². The molecule has 0 saturated carbocycles. The molecule has 0 aliphatic carbocycles. The first kappa shape index (κ1) is 15.2. The monoisotopic (exact) mass is 327 g/mol. The van der Waals surface area contributed by atoms with E-state index in [1.54, 1.807) is 14.2 Å². The van der Waals surface area contributed by atoms with Crippen molar-refractivity contribution in [1.29, 1.82) is 0 Å². The van der Waals surface area contributed by atoms with Crippen molar-refractivity contribution in [3.63, 3.8) is 0 Å². The number of aromatic nitrogens is 2. The van der Waals surface area contributed by atoms with Gasteiger partial charge in [0.05, 0.1) is 30.7 Å². The van der Waals surface area contributed by atoms with Crippen molar-refractivity contribution in [1.82, 2.24) is 14.7 Å². The normalized spacial score (nSPS) is 21.7. The van der Waals surface area contributed by atoms with Crippen LogP contribution in [0.15, 0.2) is 30.5 Å². The molecule has 0 unspecified atom stereocenters. The van der Waals surface area contributed by atoms with Crippen LogP contribution in [-0.2, 0) is 16.0 Å². The zero-order valence-corrected chi connectivity index (χ0v) is 13.9. The van der Waals surface area contributed by atoms with Gasteiger partial charge in [-0.2, -0.15) is 5.10 Å². The molecular formula is C18H21N3O3. The number of amides is 1. The highest BCUT2D eigenvalue weighted by Crippen LogP contribution is 2.44. The summed E-state index contributed by atoms with van der Waals surface area (Å²) < 4.78 is 12.3. The maximum Gasteiger partial charge on any atom is 0.249 e. The molecule has 2 aromatic rings. The maximum absolute atomic E-state index is 12.4. The van der Waals surface area contributed by atoms with Gasteiger partial charge < -0.3 is 14.4 Å². The van der Waals surface area contributed by atoms with E-state index in [0.29, 0.717) is 0 Å². The van der Waals surface area contributed by atoms with E-state index in [-0.39, 0.29) is 24.6 Å². The van der Waals surface area contributed by atoms with E-state index in [9.17, 15) is 4.79 Å². The van der Waals surface area contributed by atoms with Crippen LogP contribution in [0.4, 0.5) is 0 Å². The lowest BCUT2D eigenvalue weighted by Crippen LogP contribution is -2.43. The Morgan fingerprint density at radius 1 is 1.25 bits per heavy atom. The van der Waals surface area contributed by atoms with Gasteiger partial charge in [-0.05, 0) is 37.1 Å². The van der Waals surface area contributed by atoms with Gasteiger partial charge in [-0.15, -0.1) is 0 Å². The highest BCUT2D eigenvalue weighted by Gasteiger charge is 2.44. The second-order valence-electron chi connectivity index (χ2n) is 6.34. The quantitative estimate of drug-likeness (QED) is 0.863. The highest BCUT2D eigenvalue weighted by atomic mass is 16.5. The van der Waals surface area contributed by atoms with Gasteiger partial charge in [-0.3, -0.25) is 4.79 Å². The molecule has 6 heteroatoms. The molecule has 2 aliphatic heterocycles. The largest absolute Gasteiger partial charge is 0.497 e. The predicted octanol–water partition coefficient (Wildman–Crippen LogP) is 2.12. The third kappa shape index (κ3) is 2.29. The van der Waals surface area contributed by atoms with E-state index in [1.807, 2.05) is 40.0 Å². The molecule has 3 heterocycles. The van der Waals surface area contributed by atoms with E-state index >= 15 is 0 Å². The Bertz CT molecular complexity index is 753. The van der Waals surface area contributed by atoms with Crippen LogP contribution in [0.25, 0.3) is 5.69 Å². The van der Waals surface area contributed by atoms with Crippen LogP contribution in [-0.4, -0.2) is 47.5 Å². The lowest BCUT2D eigenvalue weighted by Gasteiger charge is -2.35. The molecular weight excluding hydrogens is 306 g/mol. The molecule has 1 amide bonds. The van der Waals surface area contributed by atoms with Crippen LogP contribution in [0.3, 0.4) is 0 Å². The first-order valence-corrected chi connectivity index (χ1v) is 8.24. The number of carbonyl (C=O) groups excluding carboxylic acids is 1. The molecule has 126 valence electrons. The molecule has 24 heavy (non-hydrogen) atoms. The highest BCUT2D eigenvalue weighted by molar-refractivity contribution is 5.79. The number of methoxy groups -OCH3 is 2. The summed E-state index contributed by atoms with van der Waals surface area (Å²) in [6.07, 6.45) is 4.80. The Hall–Kier alpha value is -2.34. The third-order valence-electron chi connectivity index (χ3n) is 5.06. The van der Waals surface area contributed by atoms with Crippen molar-refractivity contribution < 1.29 is 14.3 Å². The standard InChI is InChI=1S/C18H21N3O3/c1-23-11-18(22)20-13-5-8-16(20)15-10-19-21(17(15)9-13)12-3-6-14(24-2)7-4-12/h3-4,6-7,10,13,16H,5,8-9,11H2,1-2H3/t13-,16+/m1/s1. The lowest BCUT2D eigenvalue weighted by atomic mass is 10.00. The number of hydrogen-bond acceptors (Lipinski definition) is 4. The van der Waals surface area contributed by atoms with Crippen LogP contribution in [0.2, 0.25) is 0 Å². The van der Waals surface area contributed by atoms with Crippen LogP contribution >= 0.6 is 0 Å². The molecule has 1 fully saturated rings. The molecule has 0 spiro atoms. The van der Waals surface area contributed by atoms with Crippen molar-refractivity contribution in [2.24, 2.45) is 0 Å². The minimum absolute atomic E-state index is 0.0767. The fraction of sp³-hybridized carbons (Fsp3) is 0.444. The summed E-state index contributed by atoms with van der Waals surface area (Å²) in [6, 6.07) is 8.28. The van der Waals surface area contributed by atoms with Crippen molar-refractivity contribution >= 4 is 5.91 Å².